The molecule has 2 aromatic rings. The fourth-order valence-electron chi connectivity index (χ4n) is 3.02. The van der Waals surface area contributed by atoms with E-state index in [-0.39, 0.29) is 0 Å². The van der Waals surface area contributed by atoms with Crippen LogP contribution >= 0.6 is 11.3 Å². The van der Waals surface area contributed by atoms with E-state index in [1.807, 2.05) is 6.20 Å². The van der Waals surface area contributed by atoms with E-state index in [1.165, 1.54) is 30.6 Å². The molecule has 1 saturated heterocycles. The fourth-order valence-corrected chi connectivity index (χ4v) is 3.86. The molecule has 2 aliphatic rings. The predicted octanol–water partition coefficient (Wildman–Crippen LogP) is 3.09. The van der Waals surface area contributed by atoms with Crippen molar-refractivity contribution in [2.45, 2.75) is 51.0 Å². The van der Waals surface area contributed by atoms with Crippen molar-refractivity contribution < 1.29 is 4.52 Å². The maximum absolute atomic E-state index is 5.41. The minimum absolute atomic E-state index is 0.420. The third-order valence-corrected chi connectivity index (χ3v) is 5.20. The standard InChI is InChI=1S/C15H20N4OS/c1-10-16-7-13(21-10)9-19-6-2-3-12(8-19)14-17-15(20-18-14)11-4-5-11/h7,11-12H,2-6,8-9H2,1H3/t12-/m0/s1. The Morgan fingerprint density at radius 1 is 1.33 bits per heavy atom. The highest BCUT2D eigenvalue weighted by molar-refractivity contribution is 7.11. The lowest BCUT2D eigenvalue weighted by molar-refractivity contribution is 0.196. The molecule has 0 unspecified atom stereocenters. The summed E-state index contributed by atoms with van der Waals surface area (Å²) in [7, 11) is 0. The average molecular weight is 304 g/mol. The van der Waals surface area contributed by atoms with Gasteiger partial charge in [-0.1, -0.05) is 5.16 Å². The molecule has 0 bridgehead atoms. The molecule has 1 saturated carbocycles. The number of hydrogen-bond acceptors (Lipinski definition) is 6. The Morgan fingerprint density at radius 2 is 2.24 bits per heavy atom. The summed E-state index contributed by atoms with van der Waals surface area (Å²) in [5, 5.41) is 5.37. The number of piperidine rings is 1. The molecule has 6 heteroatoms. The molecular formula is C15H20N4OS. The van der Waals surface area contributed by atoms with Gasteiger partial charge >= 0.3 is 0 Å². The molecular weight excluding hydrogens is 284 g/mol. The lowest BCUT2D eigenvalue weighted by Crippen LogP contribution is -2.34. The molecule has 4 rings (SSSR count). The summed E-state index contributed by atoms with van der Waals surface area (Å²) < 4.78 is 5.41. The zero-order valence-corrected chi connectivity index (χ0v) is 13.1. The highest BCUT2D eigenvalue weighted by Crippen LogP contribution is 2.39. The van der Waals surface area contributed by atoms with Crippen LogP contribution in [0.1, 0.15) is 59.1 Å². The monoisotopic (exact) mass is 304 g/mol. The molecule has 2 fully saturated rings. The number of nitrogens with zero attached hydrogens (tertiary/aromatic N) is 4. The number of likely N-dealkylation sites (tertiary alicyclic amines) is 1. The largest absolute Gasteiger partial charge is 0.339 e. The van der Waals surface area contributed by atoms with Crippen LogP contribution in [-0.4, -0.2) is 33.1 Å². The van der Waals surface area contributed by atoms with Crippen LogP contribution in [0.4, 0.5) is 0 Å². The maximum atomic E-state index is 5.41. The van der Waals surface area contributed by atoms with Gasteiger partial charge in [0.05, 0.1) is 5.01 Å². The van der Waals surface area contributed by atoms with Crippen molar-refractivity contribution in [3.05, 3.63) is 27.8 Å². The van der Waals surface area contributed by atoms with Crippen LogP contribution in [0, 0.1) is 6.92 Å². The molecule has 0 spiro atoms. The van der Waals surface area contributed by atoms with E-state index in [4.69, 9.17) is 4.52 Å². The van der Waals surface area contributed by atoms with Gasteiger partial charge in [0.25, 0.3) is 0 Å². The van der Waals surface area contributed by atoms with Crippen molar-refractivity contribution >= 4 is 11.3 Å². The predicted molar refractivity (Wildman–Crippen MR) is 80.4 cm³/mol. The Labute approximate surface area is 128 Å². The normalized spacial score (nSPS) is 23.6. The zero-order chi connectivity index (χ0) is 14.2. The summed E-state index contributed by atoms with van der Waals surface area (Å²) in [6.07, 6.45) is 6.80. The molecule has 0 N–H and O–H groups in total. The van der Waals surface area contributed by atoms with Crippen LogP contribution in [0.2, 0.25) is 0 Å². The number of aromatic nitrogens is 3. The van der Waals surface area contributed by atoms with E-state index in [2.05, 4.69) is 26.9 Å². The Balaban J connectivity index is 1.41. The number of rotatable bonds is 4. The quantitative estimate of drug-likeness (QED) is 0.869. The molecule has 5 nitrogen and oxygen atoms in total. The Hall–Kier alpha value is -1.27. The Morgan fingerprint density at radius 3 is 3.00 bits per heavy atom. The summed E-state index contributed by atoms with van der Waals surface area (Å²) in [5.41, 5.74) is 0. The van der Waals surface area contributed by atoms with Gasteiger partial charge in [0, 0.05) is 36.0 Å². The summed E-state index contributed by atoms with van der Waals surface area (Å²) >= 11 is 1.79. The molecule has 112 valence electrons. The highest BCUT2D eigenvalue weighted by Gasteiger charge is 2.32. The molecule has 1 aliphatic heterocycles. The summed E-state index contributed by atoms with van der Waals surface area (Å²) in [6, 6.07) is 0. The van der Waals surface area contributed by atoms with Crippen LogP contribution in [0.3, 0.4) is 0 Å². The van der Waals surface area contributed by atoms with Gasteiger partial charge in [-0.2, -0.15) is 4.98 Å². The summed E-state index contributed by atoms with van der Waals surface area (Å²) in [6.45, 7) is 5.24. The first-order valence-corrected chi connectivity index (χ1v) is 8.57. The third-order valence-electron chi connectivity index (χ3n) is 4.30. The summed E-state index contributed by atoms with van der Waals surface area (Å²) in [5.74, 6) is 2.75. The molecule has 1 aliphatic carbocycles. The van der Waals surface area contributed by atoms with E-state index >= 15 is 0 Å². The second-order valence-corrected chi connectivity index (χ2v) is 7.50. The SMILES string of the molecule is Cc1ncc(CN2CCC[C@H](c3noc(C4CC4)n3)C2)s1. The van der Waals surface area contributed by atoms with Gasteiger partial charge in [0.2, 0.25) is 5.89 Å². The van der Waals surface area contributed by atoms with Crippen LogP contribution in [0.25, 0.3) is 0 Å². The van der Waals surface area contributed by atoms with Crippen LogP contribution in [0.15, 0.2) is 10.7 Å². The van der Waals surface area contributed by atoms with Crippen LogP contribution < -0.4 is 0 Å². The lowest BCUT2D eigenvalue weighted by atomic mass is 9.97. The third kappa shape index (κ3) is 3.01. The Kier molecular flexibility index (Phi) is 3.51. The van der Waals surface area contributed by atoms with Gasteiger partial charge < -0.3 is 4.52 Å². The van der Waals surface area contributed by atoms with Crippen molar-refractivity contribution in [1.29, 1.82) is 0 Å². The first-order valence-electron chi connectivity index (χ1n) is 7.75. The van der Waals surface area contributed by atoms with Gasteiger partial charge in [0.15, 0.2) is 5.82 Å². The number of aryl methyl sites for hydroxylation is 1. The van der Waals surface area contributed by atoms with Crippen LogP contribution in [-0.2, 0) is 6.54 Å². The number of hydrogen-bond donors (Lipinski definition) is 0. The van der Waals surface area contributed by atoms with Gasteiger partial charge in [-0.3, -0.25) is 4.90 Å². The molecule has 0 aromatic carbocycles. The number of thiazole rings is 1. The fraction of sp³-hybridized carbons (Fsp3) is 0.667. The maximum Gasteiger partial charge on any atom is 0.229 e. The van der Waals surface area contributed by atoms with E-state index in [0.717, 1.165) is 36.4 Å². The van der Waals surface area contributed by atoms with Gasteiger partial charge in [-0.25, -0.2) is 4.98 Å². The average Bonchev–Trinajstić information content (AvgIpc) is 3.07. The first-order chi connectivity index (χ1) is 10.3. The smallest absolute Gasteiger partial charge is 0.229 e. The van der Waals surface area contributed by atoms with E-state index < -0.39 is 0 Å². The summed E-state index contributed by atoms with van der Waals surface area (Å²) in [4.78, 5) is 12.8. The van der Waals surface area contributed by atoms with E-state index in [1.54, 1.807) is 11.3 Å². The second kappa shape index (κ2) is 5.50. The second-order valence-electron chi connectivity index (χ2n) is 6.18. The lowest BCUT2D eigenvalue weighted by Gasteiger charge is -2.30. The Bertz CT molecular complexity index is 619. The molecule has 0 amide bonds. The van der Waals surface area contributed by atoms with Crippen molar-refractivity contribution in [2.24, 2.45) is 0 Å². The van der Waals surface area contributed by atoms with Crippen molar-refractivity contribution in [1.82, 2.24) is 20.0 Å². The minimum atomic E-state index is 0.420. The van der Waals surface area contributed by atoms with Gasteiger partial charge in [0.1, 0.15) is 0 Å². The first kappa shape index (κ1) is 13.4. The van der Waals surface area contributed by atoms with Crippen molar-refractivity contribution in [2.75, 3.05) is 13.1 Å². The highest BCUT2D eigenvalue weighted by atomic mass is 32.1. The topological polar surface area (TPSA) is 55.1 Å². The molecule has 21 heavy (non-hydrogen) atoms. The molecule has 1 atom stereocenters. The molecule has 3 heterocycles. The zero-order valence-electron chi connectivity index (χ0n) is 12.3. The minimum Gasteiger partial charge on any atom is -0.339 e. The van der Waals surface area contributed by atoms with Crippen molar-refractivity contribution in [3.63, 3.8) is 0 Å². The van der Waals surface area contributed by atoms with Gasteiger partial charge in [-0.15, -0.1) is 11.3 Å². The van der Waals surface area contributed by atoms with Crippen molar-refractivity contribution in [3.8, 4) is 0 Å². The molecule has 2 aromatic heterocycles. The molecule has 0 radical (unpaired) electrons. The van der Waals surface area contributed by atoms with E-state index in [0.29, 0.717) is 11.8 Å². The van der Waals surface area contributed by atoms with Crippen LogP contribution in [0.5, 0.6) is 0 Å². The van der Waals surface area contributed by atoms with Gasteiger partial charge in [-0.05, 0) is 39.2 Å². The van der Waals surface area contributed by atoms with E-state index in [9.17, 15) is 0 Å².